The first-order chi connectivity index (χ1) is 10.2. The van der Waals surface area contributed by atoms with E-state index in [9.17, 15) is 4.79 Å². The van der Waals surface area contributed by atoms with Crippen LogP contribution in [-0.4, -0.2) is 23.7 Å². The van der Waals surface area contributed by atoms with Gasteiger partial charge in [0.15, 0.2) is 0 Å². The van der Waals surface area contributed by atoms with Crippen molar-refractivity contribution in [1.82, 2.24) is 10.4 Å². The SMILES string of the molecule is CCOc1ccc(C=NNC(=O)c2cccnc2Cl)cc1. The van der Waals surface area contributed by atoms with E-state index in [1.54, 1.807) is 12.1 Å². The van der Waals surface area contributed by atoms with Gasteiger partial charge >= 0.3 is 0 Å². The lowest BCUT2D eigenvalue weighted by Crippen LogP contribution is -2.18. The zero-order valence-corrected chi connectivity index (χ0v) is 12.2. The van der Waals surface area contributed by atoms with Gasteiger partial charge in [-0.2, -0.15) is 5.10 Å². The summed E-state index contributed by atoms with van der Waals surface area (Å²) in [7, 11) is 0. The third kappa shape index (κ3) is 4.29. The van der Waals surface area contributed by atoms with Crippen LogP contribution < -0.4 is 10.2 Å². The molecule has 108 valence electrons. The molecular formula is C15H14ClN3O2. The van der Waals surface area contributed by atoms with Crippen LogP contribution >= 0.6 is 11.6 Å². The number of aromatic nitrogens is 1. The van der Waals surface area contributed by atoms with Gasteiger partial charge in [-0.05, 0) is 48.9 Å². The number of halogens is 1. The average molecular weight is 304 g/mol. The van der Waals surface area contributed by atoms with Crippen LogP contribution in [0.5, 0.6) is 5.75 Å². The lowest BCUT2D eigenvalue weighted by molar-refractivity contribution is 0.0955. The third-order valence-corrected chi connectivity index (χ3v) is 2.88. The van der Waals surface area contributed by atoms with E-state index in [-0.39, 0.29) is 10.7 Å². The summed E-state index contributed by atoms with van der Waals surface area (Å²) in [6.07, 6.45) is 3.06. The Bertz CT molecular complexity index is 642. The first-order valence-electron chi connectivity index (χ1n) is 6.37. The summed E-state index contributed by atoms with van der Waals surface area (Å²) in [5, 5.41) is 4.03. The second-order valence-corrected chi connectivity index (χ2v) is 4.40. The molecular weight excluding hydrogens is 290 g/mol. The maximum atomic E-state index is 11.8. The zero-order valence-electron chi connectivity index (χ0n) is 11.4. The van der Waals surface area contributed by atoms with Crippen LogP contribution in [0.2, 0.25) is 5.15 Å². The number of nitrogens with one attached hydrogen (secondary N) is 1. The van der Waals surface area contributed by atoms with Gasteiger partial charge in [-0.1, -0.05) is 11.6 Å². The van der Waals surface area contributed by atoms with Gasteiger partial charge in [0, 0.05) is 6.20 Å². The minimum absolute atomic E-state index is 0.145. The van der Waals surface area contributed by atoms with E-state index in [1.807, 2.05) is 31.2 Å². The van der Waals surface area contributed by atoms with Crippen molar-refractivity contribution in [3.63, 3.8) is 0 Å². The molecule has 0 saturated carbocycles. The van der Waals surface area contributed by atoms with Crippen molar-refractivity contribution in [2.75, 3.05) is 6.61 Å². The summed E-state index contributed by atoms with van der Waals surface area (Å²) in [6.45, 7) is 2.55. The summed E-state index contributed by atoms with van der Waals surface area (Å²) in [5.74, 6) is 0.385. The highest BCUT2D eigenvalue weighted by Crippen LogP contribution is 2.12. The maximum absolute atomic E-state index is 11.8. The topological polar surface area (TPSA) is 63.6 Å². The lowest BCUT2D eigenvalue weighted by atomic mass is 10.2. The van der Waals surface area contributed by atoms with Crippen molar-refractivity contribution in [1.29, 1.82) is 0 Å². The van der Waals surface area contributed by atoms with Gasteiger partial charge in [0.1, 0.15) is 10.9 Å². The fraction of sp³-hybridized carbons (Fsp3) is 0.133. The van der Waals surface area contributed by atoms with Crippen LogP contribution in [0.25, 0.3) is 0 Å². The van der Waals surface area contributed by atoms with E-state index < -0.39 is 5.91 Å². The first-order valence-corrected chi connectivity index (χ1v) is 6.75. The van der Waals surface area contributed by atoms with Gasteiger partial charge in [0.2, 0.25) is 0 Å². The number of hydrogen-bond donors (Lipinski definition) is 1. The number of amides is 1. The molecule has 0 atom stereocenters. The van der Waals surface area contributed by atoms with Gasteiger partial charge in [-0.3, -0.25) is 4.79 Å². The van der Waals surface area contributed by atoms with Crippen molar-refractivity contribution >= 4 is 23.7 Å². The molecule has 1 heterocycles. The summed E-state index contributed by atoms with van der Waals surface area (Å²) < 4.78 is 5.34. The van der Waals surface area contributed by atoms with Crippen molar-refractivity contribution in [3.8, 4) is 5.75 Å². The van der Waals surface area contributed by atoms with E-state index in [0.29, 0.717) is 6.61 Å². The molecule has 2 aromatic rings. The average Bonchev–Trinajstić information content (AvgIpc) is 2.49. The molecule has 0 aliphatic carbocycles. The van der Waals surface area contributed by atoms with E-state index in [0.717, 1.165) is 11.3 Å². The van der Waals surface area contributed by atoms with E-state index in [2.05, 4.69) is 15.5 Å². The number of pyridine rings is 1. The van der Waals surface area contributed by atoms with Crippen LogP contribution in [0, 0.1) is 0 Å². The molecule has 0 aliphatic heterocycles. The predicted octanol–water partition coefficient (Wildman–Crippen LogP) is 2.90. The number of benzene rings is 1. The van der Waals surface area contributed by atoms with Crippen LogP contribution in [-0.2, 0) is 0 Å². The predicted molar refractivity (Wildman–Crippen MR) is 81.9 cm³/mol. The number of carbonyl (C=O) groups excluding carboxylic acids is 1. The van der Waals surface area contributed by atoms with E-state index in [1.165, 1.54) is 12.4 Å². The van der Waals surface area contributed by atoms with Crippen molar-refractivity contribution in [2.45, 2.75) is 6.92 Å². The number of hydrogen-bond acceptors (Lipinski definition) is 4. The molecule has 1 N–H and O–H groups in total. The Hall–Kier alpha value is -2.40. The monoisotopic (exact) mass is 303 g/mol. The Morgan fingerprint density at radius 3 is 2.81 bits per heavy atom. The molecule has 0 radical (unpaired) electrons. The highest BCUT2D eigenvalue weighted by Gasteiger charge is 2.08. The Morgan fingerprint density at radius 2 is 2.14 bits per heavy atom. The van der Waals surface area contributed by atoms with Gasteiger partial charge in [0.25, 0.3) is 5.91 Å². The molecule has 6 heteroatoms. The number of nitrogens with zero attached hydrogens (tertiary/aromatic N) is 2. The molecule has 0 unspecified atom stereocenters. The Labute approximate surface area is 127 Å². The van der Waals surface area contributed by atoms with Crippen LogP contribution in [0.3, 0.4) is 0 Å². The molecule has 0 bridgehead atoms. The summed E-state index contributed by atoms with van der Waals surface area (Å²) in [4.78, 5) is 15.7. The van der Waals surface area contributed by atoms with Crippen LogP contribution in [0.15, 0.2) is 47.7 Å². The van der Waals surface area contributed by atoms with Gasteiger partial charge in [-0.15, -0.1) is 0 Å². The van der Waals surface area contributed by atoms with Crippen molar-refractivity contribution in [2.24, 2.45) is 5.10 Å². The Morgan fingerprint density at radius 1 is 1.38 bits per heavy atom. The Kier molecular flexibility index (Phi) is 5.29. The highest BCUT2D eigenvalue weighted by molar-refractivity contribution is 6.32. The molecule has 1 aromatic carbocycles. The third-order valence-electron chi connectivity index (χ3n) is 2.57. The number of carbonyl (C=O) groups is 1. The zero-order chi connectivity index (χ0) is 15.1. The maximum Gasteiger partial charge on any atom is 0.274 e. The Balaban J connectivity index is 1.96. The second kappa shape index (κ2) is 7.40. The highest BCUT2D eigenvalue weighted by atomic mass is 35.5. The fourth-order valence-corrected chi connectivity index (χ4v) is 1.80. The van der Waals surface area contributed by atoms with E-state index >= 15 is 0 Å². The van der Waals surface area contributed by atoms with Gasteiger partial charge in [0.05, 0.1) is 18.4 Å². The molecule has 0 saturated heterocycles. The summed E-state index contributed by atoms with van der Waals surface area (Å²) in [5.41, 5.74) is 3.53. The smallest absolute Gasteiger partial charge is 0.274 e. The van der Waals surface area contributed by atoms with E-state index in [4.69, 9.17) is 16.3 Å². The number of hydrazone groups is 1. The normalized spacial score (nSPS) is 10.6. The quantitative estimate of drug-likeness (QED) is 0.525. The van der Waals surface area contributed by atoms with Crippen molar-refractivity contribution in [3.05, 3.63) is 58.9 Å². The molecule has 21 heavy (non-hydrogen) atoms. The molecule has 0 aliphatic rings. The molecule has 1 amide bonds. The van der Waals surface area contributed by atoms with Gasteiger partial charge < -0.3 is 4.74 Å². The fourth-order valence-electron chi connectivity index (χ4n) is 1.60. The number of rotatable bonds is 5. The van der Waals surface area contributed by atoms with Crippen LogP contribution in [0.1, 0.15) is 22.8 Å². The molecule has 2 rings (SSSR count). The van der Waals surface area contributed by atoms with Gasteiger partial charge in [-0.25, -0.2) is 10.4 Å². The first kappa shape index (κ1) is 15.0. The molecule has 0 spiro atoms. The molecule has 0 fully saturated rings. The minimum atomic E-state index is -0.407. The largest absolute Gasteiger partial charge is 0.494 e. The minimum Gasteiger partial charge on any atom is -0.494 e. The van der Waals surface area contributed by atoms with Crippen LogP contribution in [0.4, 0.5) is 0 Å². The van der Waals surface area contributed by atoms with Crippen molar-refractivity contribution < 1.29 is 9.53 Å². The lowest BCUT2D eigenvalue weighted by Gasteiger charge is -2.02. The standard InChI is InChI=1S/C15H14ClN3O2/c1-2-21-12-7-5-11(6-8-12)10-18-19-15(20)13-4-3-9-17-14(13)16/h3-10H,2H2,1H3,(H,19,20). The molecule has 5 nitrogen and oxygen atoms in total. The second-order valence-electron chi connectivity index (χ2n) is 4.04. The summed E-state index contributed by atoms with van der Waals surface area (Å²) in [6, 6.07) is 10.6. The summed E-state index contributed by atoms with van der Waals surface area (Å²) >= 11 is 5.82. The number of ether oxygens (including phenoxy) is 1. The molecule has 1 aromatic heterocycles.